The zero-order valence-corrected chi connectivity index (χ0v) is 10.5. The molecule has 0 saturated carbocycles. The van der Waals surface area contributed by atoms with Crippen molar-refractivity contribution >= 4 is 11.5 Å². The average Bonchev–Trinajstić information content (AvgIpc) is 2.31. The normalized spacial score (nSPS) is 24.3. The minimum Gasteiger partial charge on any atom is -0.393 e. The summed E-state index contributed by atoms with van der Waals surface area (Å²) in [6, 6.07) is 0. The molecule has 4 N–H and O–H groups in total. The van der Waals surface area contributed by atoms with Gasteiger partial charge in [-0.1, -0.05) is 6.92 Å². The number of anilines is 2. The maximum Gasteiger partial charge on any atom is 0.329 e. The summed E-state index contributed by atoms with van der Waals surface area (Å²) in [5.41, 5.74) is 5.15. The minimum absolute atomic E-state index is 0.0646. The number of nitrogens with zero attached hydrogens (tertiary/aromatic N) is 2. The third kappa shape index (κ3) is 2.01. The van der Waals surface area contributed by atoms with Crippen molar-refractivity contribution in [1.82, 2.24) is 9.55 Å². The van der Waals surface area contributed by atoms with E-state index in [9.17, 15) is 14.7 Å². The largest absolute Gasteiger partial charge is 0.393 e. The van der Waals surface area contributed by atoms with Crippen molar-refractivity contribution in [2.75, 3.05) is 23.7 Å². The second kappa shape index (κ2) is 4.49. The Morgan fingerprint density at radius 1 is 1.44 bits per heavy atom. The third-order valence-corrected chi connectivity index (χ3v) is 3.52. The number of hydrogen-bond donors (Lipinski definition) is 3. The Balaban J connectivity index is 2.43. The van der Waals surface area contributed by atoms with Gasteiger partial charge in [-0.25, -0.2) is 4.79 Å². The predicted octanol–water partition coefficient (Wildman–Crippen LogP) is -1.14. The van der Waals surface area contributed by atoms with Crippen LogP contribution in [0.15, 0.2) is 9.59 Å². The molecule has 0 spiro atoms. The fraction of sp³-hybridized carbons (Fsp3) is 0.636. The van der Waals surface area contributed by atoms with E-state index >= 15 is 0 Å². The molecule has 18 heavy (non-hydrogen) atoms. The van der Waals surface area contributed by atoms with Gasteiger partial charge in [0.1, 0.15) is 11.5 Å². The Morgan fingerprint density at radius 2 is 2.11 bits per heavy atom. The van der Waals surface area contributed by atoms with Gasteiger partial charge in [-0.15, -0.1) is 0 Å². The Labute approximate surface area is 104 Å². The molecule has 7 heteroatoms. The number of aliphatic hydroxyl groups is 1. The number of aromatic amines is 1. The highest BCUT2D eigenvalue weighted by Crippen LogP contribution is 2.23. The smallest absolute Gasteiger partial charge is 0.329 e. The van der Waals surface area contributed by atoms with Crippen molar-refractivity contribution in [2.45, 2.75) is 19.4 Å². The molecule has 2 unspecified atom stereocenters. The first-order valence-electron chi connectivity index (χ1n) is 5.93. The van der Waals surface area contributed by atoms with Gasteiger partial charge in [0.15, 0.2) is 0 Å². The van der Waals surface area contributed by atoms with Crippen LogP contribution in [0.5, 0.6) is 0 Å². The first-order valence-corrected chi connectivity index (χ1v) is 5.93. The summed E-state index contributed by atoms with van der Waals surface area (Å²) in [7, 11) is 1.51. The van der Waals surface area contributed by atoms with E-state index in [1.165, 1.54) is 11.6 Å². The van der Waals surface area contributed by atoms with E-state index in [4.69, 9.17) is 5.73 Å². The molecular weight excluding hydrogens is 236 g/mol. The van der Waals surface area contributed by atoms with E-state index in [1.54, 1.807) is 0 Å². The van der Waals surface area contributed by atoms with Crippen LogP contribution in [0.4, 0.5) is 11.5 Å². The summed E-state index contributed by atoms with van der Waals surface area (Å²) in [6.07, 6.45) is 0.234. The number of rotatable bonds is 1. The zero-order chi connectivity index (χ0) is 13.4. The minimum atomic E-state index is -0.522. The van der Waals surface area contributed by atoms with Crippen molar-refractivity contribution in [3.63, 3.8) is 0 Å². The fourth-order valence-electron chi connectivity index (χ4n) is 2.27. The van der Waals surface area contributed by atoms with Crippen molar-refractivity contribution < 1.29 is 5.11 Å². The molecule has 1 fully saturated rings. The Kier molecular flexibility index (Phi) is 3.16. The number of nitrogen functional groups attached to an aromatic ring is 1. The lowest BCUT2D eigenvalue weighted by molar-refractivity contribution is 0.0970. The first kappa shape index (κ1) is 12.7. The summed E-state index contributed by atoms with van der Waals surface area (Å²) in [4.78, 5) is 27.3. The van der Waals surface area contributed by atoms with Crippen LogP contribution >= 0.6 is 0 Å². The van der Waals surface area contributed by atoms with Gasteiger partial charge >= 0.3 is 5.69 Å². The molecule has 1 aliphatic rings. The fourth-order valence-corrected chi connectivity index (χ4v) is 2.27. The van der Waals surface area contributed by atoms with Crippen LogP contribution in [0.1, 0.15) is 13.3 Å². The lowest BCUT2D eigenvalue weighted by Crippen LogP contribution is -2.46. The average molecular weight is 254 g/mol. The molecule has 100 valence electrons. The van der Waals surface area contributed by atoms with Gasteiger partial charge in [-0.2, -0.15) is 0 Å². The molecule has 0 aliphatic carbocycles. The molecule has 7 nitrogen and oxygen atoms in total. The molecule has 1 aromatic rings. The number of aliphatic hydroxyl groups excluding tert-OH is 1. The standard InChI is InChI=1S/C11H18N4O3/c1-6-5-15(4-3-7(6)16)8-9(12)14(2)11(18)13-10(8)17/h6-7,16H,3-5,12H2,1-2H3,(H,13,17,18). The van der Waals surface area contributed by atoms with Gasteiger partial charge in [0.25, 0.3) is 5.56 Å². The number of piperidine rings is 1. The van der Waals surface area contributed by atoms with Crippen LogP contribution in [0.25, 0.3) is 0 Å². The van der Waals surface area contributed by atoms with E-state index in [1.807, 2.05) is 11.8 Å². The van der Waals surface area contributed by atoms with E-state index < -0.39 is 11.2 Å². The van der Waals surface area contributed by atoms with Gasteiger partial charge in [-0.3, -0.25) is 14.3 Å². The molecule has 2 atom stereocenters. The Morgan fingerprint density at radius 3 is 2.72 bits per heavy atom. The lowest BCUT2D eigenvalue weighted by atomic mass is 9.96. The maximum absolute atomic E-state index is 11.8. The van der Waals surface area contributed by atoms with Crippen molar-refractivity contribution in [1.29, 1.82) is 0 Å². The maximum atomic E-state index is 11.8. The first-order chi connectivity index (χ1) is 8.41. The number of H-pyrrole nitrogens is 1. The lowest BCUT2D eigenvalue weighted by Gasteiger charge is -2.35. The molecule has 0 aromatic carbocycles. The third-order valence-electron chi connectivity index (χ3n) is 3.52. The number of nitrogens with two attached hydrogens (primary N) is 1. The Hall–Kier alpha value is -1.76. The van der Waals surface area contributed by atoms with Crippen molar-refractivity contribution in [3.8, 4) is 0 Å². The summed E-state index contributed by atoms with van der Waals surface area (Å²) in [5, 5.41) is 9.68. The molecule has 2 rings (SSSR count). The van der Waals surface area contributed by atoms with Gasteiger partial charge in [0, 0.05) is 20.1 Å². The van der Waals surface area contributed by atoms with Gasteiger partial charge < -0.3 is 15.7 Å². The SMILES string of the molecule is CC1CN(c2c(N)n(C)c(=O)[nH]c2=O)CCC1O. The highest BCUT2D eigenvalue weighted by molar-refractivity contribution is 5.62. The molecule has 0 radical (unpaired) electrons. The van der Waals surface area contributed by atoms with Gasteiger partial charge in [0.2, 0.25) is 0 Å². The van der Waals surface area contributed by atoms with E-state index in [-0.39, 0.29) is 17.8 Å². The van der Waals surface area contributed by atoms with Gasteiger partial charge in [0.05, 0.1) is 6.10 Å². The van der Waals surface area contributed by atoms with Crippen LogP contribution in [-0.4, -0.2) is 33.9 Å². The quantitative estimate of drug-likeness (QED) is 0.588. The van der Waals surface area contributed by atoms with Crippen molar-refractivity contribution in [2.24, 2.45) is 13.0 Å². The van der Waals surface area contributed by atoms with Crippen LogP contribution in [-0.2, 0) is 7.05 Å². The topological polar surface area (TPSA) is 104 Å². The zero-order valence-electron chi connectivity index (χ0n) is 10.5. The van der Waals surface area contributed by atoms with Crippen molar-refractivity contribution in [3.05, 3.63) is 20.8 Å². The van der Waals surface area contributed by atoms with E-state index in [0.717, 1.165) is 0 Å². The molecule has 1 aromatic heterocycles. The number of nitrogens with one attached hydrogen (secondary N) is 1. The van der Waals surface area contributed by atoms with Gasteiger partial charge in [-0.05, 0) is 12.3 Å². The number of hydrogen-bond acceptors (Lipinski definition) is 5. The summed E-state index contributed by atoms with van der Waals surface area (Å²) >= 11 is 0. The van der Waals surface area contributed by atoms with E-state index in [2.05, 4.69) is 4.98 Å². The second-order valence-corrected chi connectivity index (χ2v) is 4.83. The predicted molar refractivity (Wildman–Crippen MR) is 68.7 cm³/mol. The second-order valence-electron chi connectivity index (χ2n) is 4.83. The molecule has 1 saturated heterocycles. The van der Waals surface area contributed by atoms with Crippen LogP contribution < -0.4 is 21.9 Å². The monoisotopic (exact) mass is 254 g/mol. The molecule has 1 aliphatic heterocycles. The molecule has 2 heterocycles. The van der Waals surface area contributed by atoms with Crippen LogP contribution in [0, 0.1) is 5.92 Å². The summed E-state index contributed by atoms with van der Waals surface area (Å²) in [5.74, 6) is 0.224. The highest BCUT2D eigenvalue weighted by atomic mass is 16.3. The molecular formula is C11H18N4O3. The summed E-state index contributed by atoms with van der Waals surface area (Å²) in [6.45, 7) is 3.02. The van der Waals surface area contributed by atoms with E-state index in [0.29, 0.717) is 25.2 Å². The summed E-state index contributed by atoms with van der Waals surface area (Å²) < 4.78 is 1.21. The Bertz CT molecular complexity index is 562. The highest BCUT2D eigenvalue weighted by Gasteiger charge is 2.27. The van der Waals surface area contributed by atoms with Crippen LogP contribution in [0.3, 0.4) is 0 Å². The molecule has 0 bridgehead atoms. The van der Waals surface area contributed by atoms with Crippen LogP contribution in [0.2, 0.25) is 0 Å². The number of aromatic nitrogens is 2. The molecule has 0 amide bonds.